The Morgan fingerprint density at radius 1 is 1.10 bits per heavy atom. The zero-order valence-corrected chi connectivity index (χ0v) is 12.2. The van der Waals surface area contributed by atoms with Crippen LogP contribution >= 0.6 is 11.3 Å². The number of rotatable bonds is 2. The molecule has 0 bridgehead atoms. The van der Waals surface area contributed by atoms with Gasteiger partial charge in [0.05, 0.1) is 21.3 Å². The lowest BCUT2D eigenvalue weighted by Gasteiger charge is -2.18. The van der Waals surface area contributed by atoms with E-state index >= 15 is 0 Å². The largest absolute Gasteiger partial charge is 0.398 e. The summed E-state index contributed by atoms with van der Waals surface area (Å²) < 4.78 is 1.13. The lowest BCUT2D eigenvalue weighted by atomic mass is 9.95. The standard InChI is InChI=1S/C16H16N2OS/c1-16(2,19)11-5-3-10(4-6-11)14-12(17)7-8-13-15(14)18-9-20-13/h3-9,19H,17H2,1-2H3. The molecule has 20 heavy (non-hydrogen) atoms. The summed E-state index contributed by atoms with van der Waals surface area (Å²) in [6, 6.07) is 11.7. The van der Waals surface area contributed by atoms with E-state index in [1.165, 1.54) is 0 Å². The summed E-state index contributed by atoms with van der Waals surface area (Å²) in [6.45, 7) is 3.55. The van der Waals surface area contributed by atoms with Gasteiger partial charge in [0.25, 0.3) is 0 Å². The van der Waals surface area contributed by atoms with Crippen molar-refractivity contribution in [1.82, 2.24) is 4.98 Å². The van der Waals surface area contributed by atoms with Gasteiger partial charge in [-0.2, -0.15) is 0 Å². The summed E-state index contributed by atoms with van der Waals surface area (Å²) in [6.07, 6.45) is 0. The molecule has 0 aliphatic carbocycles. The Bertz CT molecular complexity index is 754. The first-order valence-electron chi connectivity index (χ1n) is 6.42. The summed E-state index contributed by atoms with van der Waals surface area (Å²) in [5, 5.41) is 10.0. The van der Waals surface area contributed by atoms with Gasteiger partial charge in [0.2, 0.25) is 0 Å². The molecular formula is C16H16N2OS. The number of nitrogens with two attached hydrogens (primary N) is 1. The topological polar surface area (TPSA) is 59.1 Å². The minimum absolute atomic E-state index is 0.722. The molecule has 0 radical (unpaired) electrons. The van der Waals surface area contributed by atoms with Gasteiger partial charge in [-0.15, -0.1) is 11.3 Å². The van der Waals surface area contributed by atoms with Crippen molar-refractivity contribution >= 4 is 27.2 Å². The smallest absolute Gasteiger partial charge is 0.0911 e. The number of benzene rings is 2. The van der Waals surface area contributed by atoms with Crippen molar-refractivity contribution < 1.29 is 5.11 Å². The number of thiazole rings is 1. The Hall–Kier alpha value is -1.91. The third kappa shape index (κ3) is 2.17. The zero-order chi connectivity index (χ0) is 14.3. The molecule has 4 heteroatoms. The van der Waals surface area contributed by atoms with Crippen molar-refractivity contribution in [2.45, 2.75) is 19.4 Å². The fraction of sp³-hybridized carbons (Fsp3) is 0.188. The molecule has 0 saturated heterocycles. The van der Waals surface area contributed by atoms with Crippen LogP contribution < -0.4 is 5.73 Å². The highest BCUT2D eigenvalue weighted by Gasteiger charge is 2.16. The maximum atomic E-state index is 10.0. The van der Waals surface area contributed by atoms with Crippen LogP contribution in [0.1, 0.15) is 19.4 Å². The van der Waals surface area contributed by atoms with Crippen LogP contribution in [0, 0.1) is 0 Å². The van der Waals surface area contributed by atoms with Crippen molar-refractivity contribution in [3.05, 3.63) is 47.5 Å². The molecule has 3 nitrogen and oxygen atoms in total. The molecule has 3 rings (SSSR count). The molecule has 1 heterocycles. The lowest BCUT2D eigenvalue weighted by Crippen LogP contribution is -2.14. The first-order chi connectivity index (χ1) is 9.47. The molecule has 0 fully saturated rings. The second kappa shape index (κ2) is 4.58. The van der Waals surface area contributed by atoms with E-state index in [1.54, 1.807) is 25.2 Å². The van der Waals surface area contributed by atoms with E-state index < -0.39 is 5.60 Å². The van der Waals surface area contributed by atoms with Gasteiger partial charge in [0.15, 0.2) is 0 Å². The van der Waals surface area contributed by atoms with Crippen LogP contribution in [0.2, 0.25) is 0 Å². The summed E-state index contributed by atoms with van der Waals surface area (Å²) in [7, 11) is 0. The first-order valence-corrected chi connectivity index (χ1v) is 7.30. The van der Waals surface area contributed by atoms with E-state index in [-0.39, 0.29) is 0 Å². The number of anilines is 1. The molecule has 102 valence electrons. The second-order valence-corrected chi connectivity index (χ2v) is 6.25. The lowest BCUT2D eigenvalue weighted by molar-refractivity contribution is 0.0786. The Kier molecular flexibility index (Phi) is 3.00. The van der Waals surface area contributed by atoms with Gasteiger partial charge in [-0.3, -0.25) is 0 Å². The summed E-state index contributed by atoms with van der Waals surface area (Å²) in [5.74, 6) is 0. The van der Waals surface area contributed by atoms with Crippen LogP contribution in [-0.2, 0) is 5.60 Å². The highest BCUT2D eigenvalue weighted by atomic mass is 32.1. The molecule has 0 unspecified atom stereocenters. The molecule has 0 amide bonds. The number of aromatic nitrogens is 1. The average Bonchev–Trinajstić information content (AvgIpc) is 2.86. The first kappa shape index (κ1) is 13.1. The van der Waals surface area contributed by atoms with Crippen LogP contribution in [-0.4, -0.2) is 10.1 Å². The molecule has 0 aliphatic rings. The van der Waals surface area contributed by atoms with Gasteiger partial charge in [-0.25, -0.2) is 4.98 Å². The molecule has 0 spiro atoms. The predicted octanol–water partition coefficient (Wildman–Crippen LogP) is 3.77. The number of hydrogen-bond acceptors (Lipinski definition) is 4. The second-order valence-electron chi connectivity index (χ2n) is 5.37. The maximum absolute atomic E-state index is 10.0. The average molecular weight is 284 g/mol. The minimum atomic E-state index is -0.837. The quantitative estimate of drug-likeness (QED) is 0.704. The van der Waals surface area contributed by atoms with E-state index in [1.807, 2.05) is 41.9 Å². The molecule has 3 N–H and O–H groups in total. The van der Waals surface area contributed by atoms with Crippen LogP contribution in [0.5, 0.6) is 0 Å². The van der Waals surface area contributed by atoms with E-state index in [0.717, 1.165) is 32.6 Å². The van der Waals surface area contributed by atoms with E-state index in [2.05, 4.69) is 4.98 Å². The van der Waals surface area contributed by atoms with Crippen LogP contribution in [0.25, 0.3) is 21.3 Å². The third-order valence-corrected chi connectivity index (χ3v) is 4.21. The molecule has 2 aromatic carbocycles. The third-order valence-electron chi connectivity index (χ3n) is 3.41. The number of hydrogen-bond donors (Lipinski definition) is 2. The SMILES string of the molecule is CC(C)(O)c1ccc(-c2c(N)ccc3scnc23)cc1. The van der Waals surface area contributed by atoms with Gasteiger partial charge in [-0.05, 0) is 37.1 Å². The molecule has 0 atom stereocenters. The van der Waals surface area contributed by atoms with Gasteiger partial charge in [-0.1, -0.05) is 24.3 Å². The summed E-state index contributed by atoms with van der Waals surface area (Å²) in [5.41, 5.74) is 11.6. The fourth-order valence-corrected chi connectivity index (χ4v) is 2.98. The normalized spacial score (nSPS) is 11.9. The Labute approximate surface area is 121 Å². The minimum Gasteiger partial charge on any atom is -0.398 e. The van der Waals surface area contributed by atoms with Crippen molar-refractivity contribution in [2.75, 3.05) is 5.73 Å². The van der Waals surface area contributed by atoms with Crippen molar-refractivity contribution in [3.63, 3.8) is 0 Å². The highest BCUT2D eigenvalue weighted by molar-refractivity contribution is 7.16. The van der Waals surface area contributed by atoms with Crippen LogP contribution in [0.15, 0.2) is 41.9 Å². The van der Waals surface area contributed by atoms with Crippen molar-refractivity contribution in [3.8, 4) is 11.1 Å². The molecular weight excluding hydrogens is 268 g/mol. The molecule has 3 aromatic rings. The molecule has 1 aromatic heterocycles. The number of nitrogens with zero attached hydrogens (tertiary/aromatic N) is 1. The Balaban J connectivity index is 2.16. The Morgan fingerprint density at radius 2 is 1.80 bits per heavy atom. The van der Waals surface area contributed by atoms with Crippen molar-refractivity contribution in [2.24, 2.45) is 0 Å². The number of fused-ring (bicyclic) bond motifs is 1. The maximum Gasteiger partial charge on any atom is 0.0911 e. The zero-order valence-electron chi connectivity index (χ0n) is 11.4. The van der Waals surface area contributed by atoms with Gasteiger partial charge >= 0.3 is 0 Å². The number of aliphatic hydroxyl groups is 1. The van der Waals surface area contributed by atoms with E-state index in [0.29, 0.717) is 0 Å². The van der Waals surface area contributed by atoms with Gasteiger partial charge < -0.3 is 10.8 Å². The summed E-state index contributed by atoms with van der Waals surface area (Å²) in [4.78, 5) is 4.42. The molecule has 0 saturated carbocycles. The predicted molar refractivity (Wildman–Crippen MR) is 84.7 cm³/mol. The van der Waals surface area contributed by atoms with Gasteiger partial charge in [0, 0.05) is 11.3 Å². The molecule has 0 aliphatic heterocycles. The monoisotopic (exact) mass is 284 g/mol. The van der Waals surface area contributed by atoms with Crippen molar-refractivity contribution in [1.29, 1.82) is 0 Å². The Morgan fingerprint density at radius 3 is 2.45 bits per heavy atom. The van der Waals surface area contributed by atoms with Crippen LogP contribution in [0.3, 0.4) is 0 Å². The summed E-state index contributed by atoms with van der Waals surface area (Å²) >= 11 is 1.61. The van der Waals surface area contributed by atoms with Crippen LogP contribution in [0.4, 0.5) is 5.69 Å². The van der Waals surface area contributed by atoms with Gasteiger partial charge in [0.1, 0.15) is 0 Å². The number of nitrogen functional groups attached to an aromatic ring is 1. The fourth-order valence-electron chi connectivity index (χ4n) is 2.29. The van der Waals surface area contributed by atoms with E-state index in [9.17, 15) is 5.11 Å². The highest BCUT2D eigenvalue weighted by Crippen LogP contribution is 2.35. The van der Waals surface area contributed by atoms with E-state index in [4.69, 9.17) is 5.73 Å².